The van der Waals surface area contributed by atoms with Gasteiger partial charge in [0.2, 0.25) is 0 Å². The van der Waals surface area contributed by atoms with E-state index in [2.05, 4.69) is 35.3 Å². The Kier molecular flexibility index (Phi) is 4.21. The Morgan fingerprint density at radius 1 is 1.42 bits per heavy atom. The lowest BCUT2D eigenvalue weighted by molar-refractivity contribution is 0.0892. The van der Waals surface area contributed by atoms with Gasteiger partial charge in [0.1, 0.15) is 6.29 Å². The Labute approximate surface area is 78.1 Å². The maximum absolute atomic E-state index is 3.56. The standard InChI is InChI=1S/C8H21N3Si/c1-4-6-7-9-8-10(3)12-11(8)5-2/h8-9H,4-7,12H2,1-3H3. The zero-order chi connectivity index (χ0) is 8.97. The molecule has 1 aliphatic rings. The summed E-state index contributed by atoms with van der Waals surface area (Å²) in [5, 5.41) is 3.56. The molecule has 12 heavy (non-hydrogen) atoms. The minimum absolute atomic E-state index is 0.0342. The van der Waals surface area contributed by atoms with Crippen LogP contribution in [0.15, 0.2) is 0 Å². The number of nitrogens with one attached hydrogen (secondary N) is 1. The van der Waals surface area contributed by atoms with Crippen molar-refractivity contribution >= 4 is 9.84 Å². The first kappa shape index (κ1) is 10.2. The summed E-state index contributed by atoms with van der Waals surface area (Å²) in [7, 11) is 2.19. The third-order valence-electron chi connectivity index (χ3n) is 2.43. The smallest absolute Gasteiger partial charge is 0.177 e. The normalized spacial score (nSPS) is 27.8. The fourth-order valence-corrected chi connectivity index (χ4v) is 3.13. The maximum atomic E-state index is 3.56. The summed E-state index contributed by atoms with van der Waals surface area (Å²) in [6.07, 6.45) is 3.14. The van der Waals surface area contributed by atoms with E-state index in [-0.39, 0.29) is 9.84 Å². The van der Waals surface area contributed by atoms with Gasteiger partial charge in [0.25, 0.3) is 0 Å². The third kappa shape index (κ3) is 2.29. The highest BCUT2D eigenvalue weighted by molar-refractivity contribution is 6.31. The van der Waals surface area contributed by atoms with Gasteiger partial charge in [-0.1, -0.05) is 20.3 Å². The van der Waals surface area contributed by atoms with Crippen LogP contribution in [0.5, 0.6) is 0 Å². The molecule has 1 atom stereocenters. The molecule has 0 aliphatic carbocycles. The summed E-state index contributed by atoms with van der Waals surface area (Å²) in [6.45, 7) is 6.85. The first-order valence-corrected chi connectivity index (χ1v) is 6.23. The summed E-state index contributed by atoms with van der Waals surface area (Å²) < 4.78 is 5.04. The monoisotopic (exact) mass is 187 g/mol. The third-order valence-corrected chi connectivity index (χ3v) is 4.38. The largest absolute Gasteiger partial charge is 0.292 e. The van der Waals surface area contributed by atoms with Crippen LogP contribution in [0.4, 0.5) is 0 Å². The van der Waals surface area contributed by atoms with Gasteiger partial charge in [-0.05, 0) is 26.6 Å². The predicted octanol–water partition coefficient (Wildman–Crippen LogP) is -0.0742. The van der Waals surface area contributed by atoms with E-state index in [1.807, 2.05) is 0 Å². The number of unbranched alkanes of at least 4 members (excludes halogenated alkanes) is 1. The molecule has 1 heterocycles. The minimum Gasteiger partial charge on any atom is -0.292 e. The molecule has 1 aliphatic heterocycles. The van der Waals surface area contributed by atoms with E-state index in [1.54, 1.807) is 0 Å². The SMILES string of the molecule is CCCCNC1N(C)[SiH2]N1CC. The highest BCUT2D eigenvalue weighted by atomic mass is 28.2. The van der Waals surface area contributed by atoms with E-state index in [9.17, 15) is 0 Å². The molecule has 0 radical (unpaired) electrons. The minimum atomic E-state index is -0.0342. The van der Waals surface area contributed by atoms with Crippen LogP contribution in [0.2, 0.25) is 0 Å². The van der Waals surface area contributed by atoms with Gasteiger partial charge < -0.3 is 0 Å². The molecule has 1 N–H and O–H groups in total. The molecule has 1 unspecified atom stereocenters. The zero-order valence-corrected chi connectivity index (χ0v) is 9.92. The Balaban J connectivity index is 2.12. The Bertz CT molecular complexity index is 131. The molecule has 0 aromatic carbocycles. The van der Waals surface area contributed by atoms with Crippen LogP contribution in [0.25, 0.3) is 0 Å². The van der Waals surface area contributed by atoms with Crippen molar-refractivity contribution in [2.75, 3.05) is 20.1 Å². The number of hydrogen-bond acceptors (Lipinski definition) is 3. The van der Waals surface area contributed by atoms with E-state index in [0.717, 1.165) is 6.54 Å². The fourth-order valence-electron chi connectivity index (χ4n) is 1.59. The van der Waals surface area contributed by atoms with E-state index in [1.165, 1.54) is 19.4 Å². The molecule has 0 aromatic heterocycles. The van der Waals surface area contributed by atoms with Gasteiger partial charge in [0.15, 0.2) is 9.84 Å². The molecule has 72 valence electrons. The van der Waals surface area contributed by atoms with Crippen molar-refractivity contribution in [3.8, 4) is 0 Å². The number of rotatable bonds is 5. The van der Waals surface area contributed by atoms with E-state index < -0.39 is 0 Å². The Morgan fingerprint density at radius 3 is 2.67 bits per heavy atom. The lowest BCUT2D eigenvalue weighted by Gasteiger charge is -2.49. The van der Waals surface area contributed by atoms with E-state index in [4.69, 9.17) is 0 Å². The van der Waals surface area contributed by atoms with Gasteiger partial charge in [0.05, 0.1) is 0 Å². The highest BCUT2D eigenvalue weighted by Gasteiger charge is 2.31. The van der Waals surface area contributed by atoms with Crippen LogP contribution in [0.3, 0.4) is 0 Å². The average Bonchev–Trinajstić information content (AvgIpc) is 2.08. The second-order valence-electron chi connectivity index (χ2n) is 3.48. The second kappa shape index (κ2) is 4.96. The number of hydrogen-bond donors (Lipinski definition) is 1. The van der Waals surface area contributed by atoms with Gasteiger partial charge in [-0.15, -0.1) is 0 Å². The van der Waals surface area contributed by atoms with Crippen LogP contribution in [0, 0.1) is 0 Å². The topological polar surface area (TPSA) is 18.5 Å². The average molecular weight is 187 g/mol. The summed E-state index contributed by atoms with van der Waals surface area (Å²) in [5.41, 5.74) is 0. The predicted molar refractivity (Wildman–Crippen MR) is 55.4 cm³/mol. The molecule has 1 rings (SSSR count). The maximum Gasteiger partial charge on any atom is 0.177 e. The molecular weight excluding hydrogens is 166 g/mol. The zero-order valence-electron chi connectivity index (χ0n) is 8.51. The van der Waals surface area contributed by atoms with Crippen molar-refractivity contribution in [3.63, 3.8) is 0 Å². The molecule has 1 fully saturated rings. The molecule has 3 nitrogen and oxygen atoms in total. The molecular formula is C8H21N3Si. The summed E-state index contributed by atoms with van der Waals surface area (Å²) in [4.78, 5) is 0. The quantitative estimate of drug-likeness (QED) is 0.480. The lowest BCUT2D eigenvalue weighted by Crippen LogP contribution is -2.70. The van der Waals surface area contributed by atoms with Gasteiger partial charge in [-0.3, -0.25) is 14.4 Å². The highest BCUT2D eigenvalue weighted by Crippen LogP contribution is 2.09. The Morgan fingerprint density at radius 2 is 2.17 bits per heavy atom. The summed E-state index contributed by atoms with van der Waals surface area (Å²) in [5.74, 6) is 0. The molecule has 0 saturated carbocycles. The fraction of sp³-hybridized carbons (Fsp3) is 1.00. The van der Waals surface area contributed by atoms with Crippen molar-refractivity contribution in [3.05, 3.63) is 0 Å². The second-order valence-corrected chi connectivity index (χ2v) is 5.58. The molecule has 0 spiro atoms. The van der Waals surface area contributed by atoms with Crippen LogP contribution in [0.1, 0.15) is 26.7 Å². The molecule has 0 bridgehead atoms. The van der Waals surface area contributed by atoms with Crippen molar-refractivity contribution in [1.82, 2.24) is 14.4 Å². The van der Waals surface area contributed by atoms with E-state index >= 15 is 0 Å². The van der Waals surface area contributed by atoms with Crippen LogP contribution in [-0.2, 0) is 0 Å². The van der Waals surface area contributed by atoms with Gasteiger partial charge in [-0.25, -0.2) is 0 Å². The molecule has 0 aromatic rings. The summed E-state index contributed by atoms with van der Waals surface area (Å²) >= 11 is 0. The van der Waals surface area contributed by atoms with E-state index in [0.29, 0.717) is 6.29 Å². The lowest BCUT2D eigenvalue weighted by atomic mass is 10.3. The van der Waals surface area contributed by atoms with Gasteiger partial charge in [-0.2, -0.15) is 0 Å². The molecule has 1 saturated heterocycles. The van der Waals surface area contributed by atoms with Crippen molar-refractivity contribution in [2.45, 2.75) is 33.0 Å². The van der Waals surface area contributed by atoms with Crippen molar-refractivity contribution in [1.29, 1.82) is 0 Å². The first-order chi connectivity index (χ1) is 5.79. The number of nitrogens with zero attached hydrogens (tertiary/aromatic N) is 2. The van der Waals surface area contributed by atoms with Crippen LogP contribution < -0.4 is 5.32 Å². The van der Waals surface area contributed by atoms with Crippen molar-refractivity contribution < 1.29 is 0 Å². The van der Waals surface area contributed by atoms with Crippen LogP contribution in [-0.4, -0.2) is 45.4 Å². The molecule has 4 heteroatoms. The summed E-state index contributed by atoms with van der Waals surface area (Å²) in [6, 6.07) is 0. The van der Waals surface area contributed by atoms with Crippen LogP contribution >= 0.6 is 0 Å². The van der Waals surface area contributed by atoms with Gasteiger partial charge >= 0.3 is 0 Å². The Hall–Kier alpha value is 0.0969. The molecule has 0 amide bonds. The first-order valence-electron chi connectivity index (χ1n) is 4.97. The van der Waals surface area contributed by atoms with Crippen molar-refractivity contribution in [2.24, 2.45) is 0 Å². The van der Waals surface area contributed by atoms with Gasteiger partial charge in [0, 0.05) is 0 Å².